The molecule has 0 amide bonds. The van der Waals surface area contributed by atoms with Gasteiger partial charge < -0.3 is 4.42 Å². The van der Waals surface area contributed by atoms with Crippen LogP contribution in [0.15, 0.2) is 52.0 Å². The van der Waals surface area contributed by atoms with Crippen molar-refractivity contribution in [2.75, 3.05) is 19.6 Å². The van der Waals surface area contributed by atoms with Crippen molar-refractivity contribution in [2.45, 2.75) is 23.8 Å². The van der Waals surface area contributed by atoms with Gasteiger partial charge in [-0.05, 0) is 50.2 Å². The molecular formula is C16H19N3O5S. The lowest BCUT2D eigenvalue weighted by Gasteiger charge is -2.25. The first-order valence-corrected chi connectivity index (χ1v) is 9.47. The van der Waals surface area contributed by atoms with Gasteiger partial charge in [-0.2, -0.15) is 0 Å². The number of hydrogen-bond acceptors (Lipinski definition) is 6. The predicted molar refractivity (Wildman–Crippen MR) is 90.5 cm³/mol. The molecule has 1 aromatic carbocycles. The fourth-order valence-electron chi connectivity index (χ4n) is 2.96. The topological polar surface area (TPSA) is 106 Å². The number of non-ortho nitro benzene ring substituents is 1. The van der Waals surface area contributed by atoms with E-state index in [1.807, 2.05) is 6.07 Å². The van der Waals surface area contributed by atoms with Crippen LogP contribution in [0.2, 0.25) is 0 Å². The molecule has 1 atom stereocenters. The minimum absolute atomic E-state index is 0.00211. The van der Waals surface area contributed by atoms with E-state index >= 15 is 0 Å². The van der Waals surface area contributed by atoms with E-state index in [0.29, 0.717) is 5.76 Å². The maximum Gasteiger partial charge on any atom is 0.269 e. The fourth-order valence-corrected chi connectivity index (χ4v) is 4.00. The van der Waals surface area contributed by atoms with Crippen molar-refractivity contribution in [3.8, 4) is 0 Å². The summed E-state index contributed by atoms with van der Waals surface area (Å²) in [7, 11) is -3.76. The number of benzene rings is 1. The van der Waals surface area contributed by atoms with Gasteiger partial charge in [-0.15, -0.1) is 0 Å². The summed E-state index contributed by atoms with van der Waals surface area (Å²) >= 11 is 0. The van der Waals surface area contributed by atoms with Gasteiger partial charge in [0.15, 0.2) is 0 Å². The lowest BCUT2D eigenvalue weighted by molar-refractivity contribution is -0.384. The Morgan fingerprint density at radius 2 is 1.88 bits per heavy atom. The molecule has 1 aromatic heterocycles. The molecule has 1 N–H and O–H groups in total. The Bertz CT molecular complexity index is 812. The van der Waals surface area contributed by atoms with Gasteiger partial charge in [0.05, 0.1) is 22.1 Å². The van der Waals surface area contributed by atoms with Gasteiger partial charge in [0.25, 0.3) is 5.69 Å². The van der Waals surface area contributed by atoms with Crippen molar-refractivity contribution in [1.29, 1.82) is 0 Å². The van der Waals surface area contributed by atoms with Crippen molar-refractivity contribution in [1.82, 2.24) is 9.62 Å². The van der Waals surface area contributed by atoms with E-state index in [4.69, 9.17) is 4.42 Å². The van der Waals surface area contributed by atoms with Crippen molar-refractivity contribution in [3.05, 3.63) is 58.5 Å². The zero-order valence-electron chi connectivity index (χ0n) is 13.5. The second-order valence-electron chi connectivity index (χ2n) is 5.88. The summed E-state index contributed by atoms with van der Waals surface area (Å²) in [6.07, 6.45) is 3.72. The number of hydrogen-bond donors (Lipinski definition) is 1. The minimum Gasteiger partial charge on any atom is -0.468 e. The molecule has 0 aliphatic carbocycles. The third-order valence-corrected chi connectivity index (χ3v) is 5.72. The van der Waals surface area contributed by atoms with Crippen LogP contribution >= 0.6 is 0 Å². The standard InChI is InChI=1S/C16H19N3O5S/c20-19(21)13-5-7-14(8-6-13)25(22,23)17-12-15(16-4-3-11-24-16)18-9-1-2-10-18/h3-8,11,15,17H,1-2,9-10,12H2. The van der Waals surface area contributed by atoms with Gasteiger partial charge >= 0.3 is 0 Å². The molecule has 8 nitrogen and oxygen atoms in total. The van der Waals surface area contributed by atoms with Gasteiger partial charge in [0, 0.05) is 18.7 Å². The zero-order valence-corrected chi connectivity index (χ0v) is 14.3. The summed E-state index contributed by atoms with van der Waals surface area (Å²) < 4.78 is 33.0. The maximum atomic E-state index is 12.5. The number of likely N-dealkylation sites (tertiary alicyclic amines) is 1. The SMILES string of the molecule is O=[N+]([O-])c1ccc(S(=O)(=O)NCC(c2ccco2)N2CCCC2)cc1. The minimum atomic E-state index is -3.76. The van der Waals surface area contributed by atoms with Crippen LogP contribution in [-0.4, -0.2) is 37.9 Å². The Morgan fingerprint density at radius 1 is 1.20 bits per heavy atom. The second kappa shape index (κ2) is 7.34. The van der Waals surface area contributed by atoms with Crippen molar-refractivity contribution in [2.24, 2.45) is 0 Å². The first kappa shape index (κ1) is 17.6. The van der Waals surface area contributed by atoms with Crippen LogP contribution in [0.25, 0.3) is 0 Å². The highest BCUT2D eigenvalue weighted by Gasteiger charge is 2.27. The Balaban J connectivity index is 1.73. The lowest BCUT2D eigenvalue weighted by Crippen LogP contribution is -2.36. The molecule has 2 aromatic rings. The molecule has 1 aliphatic heterocycles. The molecule has 25 heavy (non-hydrogen) atoms. The molecule has 0 spiro atoms. The summed E-state index contributed by atoms with van der Waals surface area (Å²) in [6.45, 7) is 1.96. The Morgan fingerprint density at radius 3 is 2.44 bits per heavy atom. The molecule has 2 heterocycles. The number of nitro benzene ring substituents is 1. The van der Waals surface area contributed by atoms with Crippen LogP contribution in [0.4, 0.5) is 5.69 Å². The van der Waals surface area contributed by atoms with Gasteiger partial charge in [0.2, 0.25) is 10.0 Å². The number of nitrogens with zero attached hydrogens (tertiary/aromatic N) is 2. The third kappa shape index (κ3) is 4.06. The number of rotatable bonds is 7. The first-order chi connectivity index (χ1) is 12.0. The van der Waals surface area contributed by atoms with Crippen LogP contribution in [-0.2, 0) is 10.0 Å². The first-order valence-electron chi connectivity index (χ1n) is 7.99. The van der Waals surface area contributed by atoms with Gasteiger partial charge in [-0.1, -0.05) is 0 Å². The fraction of sp³-hybridized carbons (Fsp3) is 0.375. The van der Waals surface area contributed by atoms with Crippen LogP contribution in [0.3, 0.4) is 0 Å². The number of nitrogens with one attached hydrogen (secondary N) is 1. The number of furan rings is 1. The van der Waals surface area contributed by atoms with E-state index < -0.39 is 14.9 Å². The molecule has 9 heteroatoms. The summed E-state index contributed by atoms with van der Waals surface area (Å²) in [5.41, 5.74) is -0.149. The molecule has 1 fully saturated rings. The van der Waals surface area contributed by atoms with Crippen molar-refractivity contribution < 1.29 is 17.8 Å². The van der Waals surface area contributed by atoms with Gasteiger partial charge in [-0.3, -0.25) is 15.0 Å². The predicted octanol–water partition coefficient (Wildman–Crippen LogP) is 2.30. The maximum absolute atomic E-state index is 12.5. The van der Waals surface area contributed by atoms with Crippen LogP contribution < -0.4 is 4.72 Å². The van der Waals surface area contributed by atoms with Gasteiger partial charge in [-0.25, -0.2) is 13.1 Å². The summed E-state index contributed by atoms with van der Waals surface area (Å²) in [5, 5.41) is 10.7. The highest BCUT2D eigenvalue weighted by molar-refractivity contribution is 7.89. The molecule has 134 valence electrons. The lowest BCUT2D eigenvalue weighted by atomic mass is 10.2. The summed E-state index contributed by atoms with van der Waals surface area (Å²) in [6, 6.07) is 8.27. The van der Waals surface area contributed by atoms with Crippen LogP contribution in [0.5, 0.6) is 0 Å². The van der Waals surface area contributed by atoms with Crippen LogP contribution in [0.1, 0.15) is 24.6 Å². The van der Waals surface area contributed by atoms with E-state index in [1.165, 1.54) is 24.3 Å². The molecule has 3 rings (SSSR count). The van der Waals surface area contributed by atoms with E-state index in [-0.39, 0.29) is 23.2 Å². The smallest absolute Gasteiger partial charge is 0.269 e. The highest BCUT2D eigenvalue weighted by atomic mass is 32.2. The molecule has 1 unspecified atom stereocenters. The van der Waals surface area contributed by atoms with E-state index in [0.717, 1.165) is 25.9 Å². The molecule has 0 radical (unpaired) electrons. The molecule has 0 saturated carbocycles. The average Bonchev–Trinajstić information content (AvgIpc) is 3.29. The highest BCUT2D eigenvalue weighted by Crippen LogP contribution is 2.25. The number of nitro groups is 1. The number of sulfonamides is 1. The Labute approximate surface area is 145 Å². The largest absolute Gasteiger partial charge is 0.468 e. The molecule has 1 aliphatic rings. The van der Waals surface area contributed by atoms with Crippen molar-refractivity contribution >= 4 is 15.7 Å². The van der Waals surface area contributed by atoms with Gasteiger partial charge in [0.1, 0.15) is 5.76 Å². The monoisotopic (exact) mass is 365 g/mol. The Kier molecular flexibility index (Phi) is 5.16. The molecule has 1 saturated heterocycles. The zero-order chi connectivity index (χ0) is 17.9. The van der Waals surface area contributed by atoms with E-state index in [1.54, 1.807) is 12.3 Å². The third-order valence-electron chi connectivity index (χ3n) is 4.28. The molecule has 0 bridgehead atoms. The summed E-state index contributed by atoms with van der Waals surface area (Å²) in [5.74, 6) is 0.716. The second-order valence-corrected chi connectivity index (χ2v) is 7.64. The molecular weight excluding hydrogens is 346 g/mol. The Hall–Kier alpha value is -2.23. The average molecular weight is 365 g/mol. The normalized spacial score (nSPS) is 16.8. The van der Waals surface area contributed by atoms with Crippen molar-refractivity contribution in [3.63, 3.8) is 0 Å². The van der Waals surface area contributed by atoms with E-state index in [9.17, 15) is 18.5 Å². The van der Waals surface area contributed by atoms with Crippen LogP contribution in [0, 0.1) is 10.1 Å². The summed E-state index contributed by atoms with van der Waals surface area (Å²) in [4.78, 5) is 12.3. The quantitative estimate of drug-likeness (QED) is 0.596. The van der Waals surface area contributed by atoms with E-state index in [2.05, 4.69) is 9.62 Å².